The number of imidazole rings is 1. The lowest BCUT2D eigenvalue weighted by molar-refractivity contribution is -0.121. The van der Waals surface area contributed by atoms with E-state index in [-0.39, 0.29) is 17.4 Å². The molecule has 1 atom stereocenters. The van der Waals surface area contributed by atoms with E-state index in [2.05, 4.69) is 24.1 Å². The highest BCUT2D eigenvalue weighted by molar-refractivity contribution is 5.75. The second-order valence-corrected chi connectivity index (χ2v) is 6.88. The summed E-state index contributed by atoms with van der Waals surface area (Å²) in [4.78, 5) is 16.3. The number of nitrogens with zero attached hydrogens (tertiary/aromatic N) is 2. The van der Waals surface area contributed by atoms with Crippen molar-refractivity contribution in [1.82, 2.24) is 14.9 Å². The Labute approximate surface area is 127 Å². The molecule has 0 aliphatic rings. The summed E-state index contributed by atoms with van der Waals surface area (Å²) in [6.07, 6.45) is 4.46. The van der Waals surface area contributed by atoms with Gasteiger partial charge in [0.25, 0.3) is 0 Å². The van der Waals surface area contributed by atoms with Gasteiger partial charge in [0.2, 0.25) is 5.91 Å². The third-order valence-electron chi connectivity index (χ3n) is 3.46. The Kier molecular flexibility index (Phi) is 6.40. The van der Waals surface area contributed by atoms with E-state index in [1.807, 2.05) is 24.6 Å². The molecule has 0 aliphatic heterocycles. The van der Waals surface area contributed by atoms with Crippen molar-refractivity contribution in [3.63, 3.8) is 0 Å². The maximum absolute atomic E-state index is 11.9. The van der Waals surface area contributed by atoms with Crippen molar-refractivity contribution in [2.45, 2.75) is 66.0 Å². The number of nitrogens with one attached hydrogen (secondary N) is 1. The minimum atomic E-state index is -0.351. The van der Waals surface area contributed by atoms with E-state index in [0.717, 1.165) is 5.82 Å². The van der Waals surface area contributed by atoms with Crippen molar-refractivity contribution in [2.75, 3.05) is 6.54 Å². The molecule has 0 saturated carbocycles. The van der Waals surface area contributed by atoms with Gasteiger partial charge >= 0.3 is 0 Å². The molecule has 120 valence electrons. The molecule has 1 unspecified atom stereocenters. The minimum Gasteiger partial charge on any atom is -0.393 e. The van der Waals surface area contributed by atoms with Gasteiger partial charge in [0.05, 0.1) is 6.10 Å². The normalized spacial score (nSPS) is 13.5. The Hall–Kier alpha value is -1.36. The SMILES string of the molecule is CC(O)CC(C)(C)CNC(=O)CCn1ccnc1C(C)C. The molecule has 1 heterocycles. The molecule has 2 N–H and O–H groups in total. The number of amides is 1. The quantitative estimate of drug-likeness (QED) is 0.773. The highest BCUT2D eigenvalue weighted by Crippen LogP contribution is 2.21. The number of carbonyl (C=O) groups excluding carboxylic acids is 1. The number of aromatic nitrogens is 2. The van der Waals surface area contributed by atoms with Gasteiger partial charge < -0.3 is 15.0 Å². The average Bonchev–Trinajstić information content (AvgIpc) is 2.80. The molecule has 0 fully saturated rings. The third kappa shape index (κ3) is 6.29. The first kappa shape index (κ1) is 17.7. The fourth-order valence-electron chi connectivity index (χ4n) is 2.53. The second-order valence-electron chi connectivity index (χ2n) is 6.88. The highest BCUT2D eigenvalue weighted by Gasteiger charge is 2.21. The Morgan fingerprint density at radius 3 is 2.67 bits per heavy atom. The molecule has 0 aromatic carbocycles. The summed E-state index contributed by atoms with van der Waals surface area (Å²) in [5.41, 5.74) is -0.0953. The molecule has 0 radical (unpaired) electrons. The number of aliphatic hydroxyl groups excluding tert-OH is 1. The predicted octanol–water partition coefficient (Wildman–Crippen LogP) is 2.31. The maximum atomic E-state index is 11.9. The van der Waals surface area contributed by atoms with Crippen LogP contribution in [0.4, 0.5) is 0 Å². The minimum absolute atomic E-state index is 0.0390. The summed E-state index contributed by atoms with van der Waals surface area (Å²) in [7, 11) is 0. The van der Waals surface area contributed by atoms with Gasteiger partial charge in [-0.2, -0.15) is 0 Å². The number of aryl methyl sites for hydroxylation is 1. The molecule has 0 bridgehead atoms. The highest BCUT2D eigenvalue weighted by atomic mass is 16.3. The summed E-state index contributed by atoms with van der Waals surface area (Å²) >= 11 is 0. The summed E-state index contributed by atoms with van der Waals surface area (Å²) < 4.78 is 2.03. The zero-order chi connectivity index (χ0) is 16.0. The van der Waals surface area contributed by atoms with E-state index in [1.54, 1.807) is 13.1 Å². The van der Waals surface area contributed by atoms with Crippen LogP contribution >= 0.6 is 0 Å². The van der Waals surface area contributed by atoms with Gasteiger partial charge in [-0.15, -0.1) is 0 Å². The Morgan fingerprint density at radius 1 is 1.43 bits per heavy atom. The summed E-state index contributed by atoms with van der Waals surface area (Å²) in [5, 5.41) is 12.4. The number of hydrogen-bond donors (Lipinski definition) is 2. The first-order chi connectivity index (χ1) is 9.71. The van der Waals surface area contributed by atoms with Gasteiger partial charge in [0.1, 0.15) is 5.82 Å². The molecule has 5 nitrogen and oxygen atoms in total. The molecule has 1 aromatic heterocycles. The number of rotatable bonds is 8. The van der Waals surface area contributed by atoms with Gasteiger partial charge in [-0.05, 0) is 18.8 Å². The molecule has 21 heavy (non-hydrogen) atoms. The molecule has 1 aromatic rings. The topological polar surface area (TPSA) is 67.2 Å². The van der Waals surface area contributed by atoms with Gasteiger partial charge in [0.15, 0.2) is 0 Å². The fraction of sp³-hybridized carbons (Fsp3) is 0.750. The van der Waals surface area contributed by atoms with Gasteiger partial charge in [-0.25, -0.2) is 4.98 Å². The zero-order valence-corrected chi connectivity index (χ0v) is 13.9. The smallest absolute Gasteiger partial charge is 0.221 e. The number of carbonyl (C=O) groups is 1. The van der Waals surface area contributed by atoms with Crippen LogP contribution in [-0.4, -0.2) is 33.2 Å². The zero-order valence-electron chi connectivity index (χ0n) is 13.9. The molecular weight excluding hydrogens is 266 g/mol. The Bertz CT molecular complexity index is 450. The van der Waals surface area contributed by atoms with Gasteiger partial charge in [0, 0.05) is 37.8 Å². The lowest BCUT2D eigenvalue weighted by atomic mass is 9.87. The van der Waals surface area contributed by atoms with Gasteiger partial charge in [-0.1, -0.05) is 27.7 Å². The largest absolute Gasteiger partial charge is 0.393 e. The molecule has 1 rings (SSSR count). The average molecular weight is 295 g/mol. The van der Waals surface area contributed by atoms with Gasteiger partial charge in [-0.3, -0.25) is 4.79 Å². The molecule has 0 aliphatic carbocycles. The van der Waals surface area contributed by atoms with Crippen LogP contribution in [-0.2, 0) is 11.3 Å². The standard InChI is InChI=1S/C16H29N3O2/c1-12(2)15-17-7-9-19(15)8-6-14(21)18-11-16(4,5)10-13(3)20/h7,9,12-13,20H,6,8,10-11H2,1-5H3,(H,18,21). The van der Waals surface area contributed by atoms with Crippen molar-refractivity contribution >= 4 is 5.91 Å². The number of aliphatic hydroxyl groups is 1. The van der Waals surface area contributed by atoms with Crippen LogP contribution < -0.4 is 5.32 Å². The van der Waals surface area contributed by atoms with Crippen molar-refractivity contribution in [2.24, 2.45) is 5.41 Å². The molecule has 0 spiro atoms. The van der Waals surface area contributed by atoms with Crippen LogP contribution in [0.1, 0.15) is 59.2 Å². The summed E-state index contributed by atoms with van der Waals surface area (Å²) in [5.74, 6) is 1.40. The predicted molar refractivity (Wildman–Crippen MR) is 84.0 cm³/mol. The second kappa shape index (κ2) is 7.59. The van der Waals surface area contributed by atoms with E-state index in [0.29, 0.717) is 31.8 Å². The van der Waals surface area contributed by atoms with E-state index in [4.69, 9.17) is 0 Å². The Morgan fingerprint density at radius 2 is 2.10 bits per heavy atom. The van der Waals surface area contributed by atoms with Crippen molar-refractivity contribution in [3.05, 3.63) is 18.2 Å². The summed E-state index contributed by atoms with van der Waals surface area (Å²) in [6.45, 7) is 11.3. The van der Waals surface area contributed by atoms with Crippen LogP contribution in [0.25, 0.3) is 0 Å². The lowest BCUT2D eigenvalue weighted by Crippen LogP contribution is -2.36. The van der Waals surface area contributed by atoms with E-state index in [9.17, 15) is 9.90 Å². The first-order valence-electron chi connectivity index (χ1n) is 7.67. The first-order valence-corrected chi connectivity index (χ1v) is 7.67. The van der Waals surface area contributed by atoms with Crippen LogP contribution in [0.5, 0.6) is 0 Å². The van der Waals surface area contributed by atoms with Crippen LogP contribution in [0, 0.1) is 5.41 Å². The third-order valence-corrected chi connectivity index (χ3v) is 3.46. The van der Waals surface area contributed by atoms with E-state index in [1.165, 1.54) is 0 Å². The van der Waals surface area contributed by atoms with E-state index < -0.39 is 0 Å². The van der Waals surface area contributed by atoms with Crippen LogP contribution in [0.15, 0.2) is 12.4 Å². The lowest BCUT2D eigenvalue weighted by Gasteiger charge is -2.26. The van der Waals surface area contributed by atoms with Crippen molar-refractivity contribution in [1.29, 1.82) is 0 Å². The summed E-state index contributed by atoms with van der Waals surface area (Å²) in [6, 6.07) is 0. The molecule has 0 saturated heterocycles. The fourth-order valence-corrected chi connectivity index (χ4v) is 2.53. The van der Waals surface area contributed by atoms with E-state index >= 15 is 0 Å². The maximum Gasteiger partial charge on any atom is 0.221 e. The number of hydrogen-bond acceptors (Lipinski definition) is 3. The van der Waals surface area contributed by atoms with Crippen molar-refractivity contribution < 1.29 is 9.90 Å². The Balaban J connectivity index is 2.39. The van der Waals surface area contributed by atoms with Crippen LogP contribution in [0.2, 0.25) is 0 Å². The molecule has 5 heteroatoms. The van der Waals surface area contributed by atoms with Crippen molar-refractivity contribution in [3.8, 4) is 0 Å². The molecular formula is C16H29N3O2. The molecule has 1 amide bonds. The van der Waals surface area contributed by atoms with Crippen LogP contribution in [0.3, 0.4) is 0 Å². The monoisotopic (exact) mass is 295 g/mol.